The van der Waals surface area contributed by atoms with Crippen molar-refractivity contribution in [2.24, 2.45) is 0 Å². The topological polar surface area (TPSA) is 32.3 Å². The van der Waals surface area contributed by atoms with Crippen LogP contribution in [0.15, 0.2) is 30.3 Å². The number of carbonyl (C=O) groups excluding carboxylic acids is 1. The van der Waals surface area contributed by atoms with Crippen LogP contribution in [0.25, 0.3) is 0 Å². The largest absolute Gasteiger partial charge is 0.328 e. The number of nitrogens with one attached hydrogen (secondary N) is 1. The molecule has 1 aliphatic rings. The van der Waals surface area contributed by atoms with E-state index in [0.29, 0.717) is 6.04 Å². The molecule has 1 aromatic carbocycles. The van der Waals surface area contributed by atoms with Crippen LogP contribution in [-0.2, 0) is 4.79 Å². The van der Waals surface area contributed by atoms with Gasteiger partial charge in [0.15, 0.2) is 0 Å². The van der Waals surface area contributed by atoms with E-state index < -0.39 is 0 Å². The molecule has 1 fully saturated rings. The van der Waals surface area contributed by atoms with Crippen molar-refractivity contribution in [1.29, 1.82) is 0 Å². The van der Waals surface area contributed by atoms with Gasteiger partial charge in [-0.1, -0.05) is 31.0 Å². The van der Waals surface area contributed by atoms with Gasteiger partial charge in [-0.05, 0) is 31.5 Å². The lowest BCUT2D eigenvalue weighted by Crippen LogP contribution is -2.41. The molecule has 1 aliphatic heterocycles. The highest BCUT2D eigenvalue weighted by Crippen LogP contribution is 2.09. The van der Waals surface area contributed by atoms with Gasteiger partial charge in [-0.2, -0.15) is 0 Å². The number of hydrogen-bond acceptors (Lipinski definition) is 2. The van der Waals surface area contributed by atoms with E-state index in [9.17, 15) is 4.79 Å². The number of amides is 1. The van der Waals surface area contributed by atoms with Gasteiger partial charge in [0.25, 0.3) is 5.91 Å². The van der Waals surface area contributed by atoms with Crippen LogP contribution in [0.3, 0.4) is 0 Å². The molecule has 0 saturated carbocycles. The summed E-state index contributed by atoms with van der Waals surface area (Å²) in [6, 6.07) is 9.94. The summed E-state index contributed by atoms with van der Waals surface area (Å²) in [6.07, 6.45) is 1.99. The van der Waals surface area contributed by atoms with Crippen molar-refractivity contribution in [2.45, 2.75) is 25.8 Å². The Kier molecular flexibility index (Phi) is 5.00. The first kappa shape index (κ1) is 13.6. The smallest absolute Gasteiger partial charge is 0.299 e. The minimum atomic E-state index is -0.0561. The summed E-state index contributed by atoms with van der Waals surface area (Å²) >= 11 is 0. The minimum absolute atomic E-state index is 0.0561. The molecule has 1 heterocycles. The summed E-state index contributed by atoms with van der Waals surface area (Å²) in [5, 5.41) is 3.30. The standard InChI is InChI=1S/C16H20N2O/c1-2-12-18(15-10-11-17-13-15)16(19)9-8-14-6-4-3-5-7-14/h3-7,15,17H,2,10-13H2,1H3. The van der Waals surface area contributed by atoms with Crippen molar-refractivity contribution in [3.8, 4) is 11.8 Å². The Bertz CT molecular complexity index is 467. The molecule has 3 nitrogen and oxygen atoms in total. The third-order valence-electron chi connectivity index (χ3n) is 3.29. The molecule has 19 heavy (non-hydrogen) atoms. The number of nitrogens with zero attached hydrogens (tertiary/aromatic N) is 1. The first-order valence-electron chi connectivity index (χ1n) is 6.89. The summed E-state index contributed by atoms with van der Waals surface area (Å²) in [7, 11) is 0. The Hall–Kier alpha value is -1.79. The normalized spacial score (nSPS) is 17.6. The lowest BCUT2D eigenvalue weighted by atomic mass is 10.2. The third kappa shape index (κ3) is 3.84. The summed E-state index contributed by atoms with van der Waals surface area (Å²) < 4.78 is 0. The average molecular weight is 256 g/mol. The van der Waals surface area contributed by atoms with Crippen LogP contribution in [0, 0.1) is 11.8 Å². The van der Waals surface area contributed by atoms with Gasteiger partial charge in [0, 0.05) is 30.6 Å². The second-order valence-electron chi connectivity index (χ2n) is 4.76. The van der Waals surface area contributed by atoms with Gasteiger partial charge in [0.1, 0.15) is 0 Å². The van der Waals surface area contributed by atoms with E-state index in [0.717, 1.165) is 38.0 Å². The third-order valence-corrected chi connectivity index (χ3v) is 3.29. The van der Waals surface area contributed by atoms with Gasteiger partial charge >= 0.3 is 0 Å². The van der Waals surface area contributed by atoms with E-state index in [4.69, 9.17) is 0 Å². The van der Waals surface area contributed by atoms with Crippen molar-refractivity contribution in [3.63, 3.8) is 0 Å². The quantitative estimate of drug-likeness (QED) is 0.834. The molecule has 1 amide bonds. The molecule has 0 aromatic heterocycles. The molecule has 1 N–H and O–H groups in total. The maximum Gasteiger partial charge on any atom is 0.299 e. The Morgan fingerprint density at radius 1 is 1.42 bits per heavy atom. The zero-order valence-electron chi connectivity index (χ0n) is 11.4. The van der Waals surface area contributed by atoms with Crippen molar-refractivity contribution < 1.29 is 4.79 Å². The monoisotopic (exact) mass is 256 g/mol. The summed E-state index contributed by atoms with van der Waals surface area (Å²) in [5.41, 5.74) is 0.886. The van der Waals surface area contributed by atoms with Crippen LogP contribution >= 0.6 is 0 Å². The summed E-state index contributed by atoms with van der Waals surface area (Å²) in [4.78, 5) is 14.1. The predicted molar refractivity (Wildman–Crippen MR) is 76.6 cm³/mol. The van der Waals surface area contributed by atoms with Crippen LogP contribution in [0.4, 0.5) is 0 Å². The molecule has 3 heteroatoms. The molecule has 0 radical (unpaired) electrons. The molecule has 1 unspecified atom stereocenters. The molecule has 0 aliphatic carbocycles. The Balaban J connectivity index is 2.05. The van der Waals surface area contributed by atoms with E-state index in [1.165, 1.54) is 0 Å². The molecule has 1 saturated heterocycles. The molecule has 0 bridgehead atoms. The summed E-state index contributed by atoms with van der Waals surface area (Å²) in [6.45, 7) is 4.75. The molecule has 1 atom stereocenters. The van der Waals surface area contributed by atoms with E-state index >= 15 is 0 Å². The van der Waals surface area contributed by atoms with Gasteiger partial charge in [-0.15, -0.1) is 0 Å². The highest BCUT2D eigenvalue weighted by molar-refractivity contribution is 5.94. The molecule has 1 aromatic rings. The van der Waals surface area contributed by atoms with Crippen LogP contribution < -0.4 is 5.32 Å². The van der Waals surface area contributed by atoms with Gasteiger partial charge in [-0.25, -0.2) is 0 Å². The zero-order chi connectivity index (χ0) is 13.5. The fourth-order valence-corrected chi connectivity index (χ4v) is 2.32. The lowest BCUT2D eigenvalue weighted by molar-refractivity contribution is -0.127. The number of carbonyl (C=O) groups is 1. The van der Waals surface area contributed by atoms with E-state index in [2.05, 4.69) is 24.1 Å². The summed E-state index contributed by atoms with van der Waals surface area (Å²) in [5.74, 6) is 5.66. The molecule has 100 valence electrons. The second kappa shape index (κ2) is 6.96. The van der Waals surface area contributed by atoms with E-state index in [1.807, 2.05) is 35.2 Å². The maximum absolute atomic E-state index is 12.2. The minimum Gasteiger partial charge on any atom is -0.328 e. The highest BCUT2D eigenvalue weighted by atomic mass is 16.2. The van der Waals surface area contributed by atoms with Gasteiger partial charge in [-0.3, -0.25) is 4.79 Å². The number of rotatable bonds is 3. The molecular weight excluding hydrogens is 236 g/mol. The van der Waals surface area contributed by atoms with Crippen LogP contribution in [-0.4, -0.2) is 36.5 Å². The Morgan fingerprint density at radius 3 is 2.84 bits per heavy atom. The zero-order valence-corrected chi connectivity index (χ0v) is 11.4. The lowest BCUT2D eigenvalue weighted by Gasteiger charge is -2.25. The predicted octanol–water partition coefficient (Wildman–Crippen LogP) is 1.64. The first-order valence-corrected chi connectivity index (χ1v) is 6.89. The van der Waals surface area contributed by atoms with Crippen molar-refractivity contribution in [3.05, 3.63) is 35.9 Å². The number of hydrogen-bond donors (Lipinski definition) is 1. The number of benzene rings is 1. The van der Waals surface area contributed by atoms with Crippen LogP contribution in [0.5, 0.6) is 0 Å². The fraction of sp³-hybridized carbons (Fsp3) is 0.438. The Labute approximate surface area is 115 Å². The van der Waals surface area contributed by atoms with Gasteiger partial charge in [0.05, 0.1) is 0 Å². The van der Waals surface area contributed by atoms with E-state index in [-0.39, 0.29) is 5.91 Å². The van der Waals surface area contributed by atoms with E-state index in [1.54, 1.807) is 0 Å². The van der Waals surface area contributed by atoms with Gasteiger partial charge < -0.3 is 10.2 Å². The van der Waals surface area contributed by atoms with Crippen LogP contribution in [0.1, 0.15) is 25.3 Å². The van der Waals surface area contributed by atoms with Crippen molar-refractivity contribution >= 4 is 5.91 Å². The molecular formula is C16H20N2O. The fourth-order valence-electron chi connectivity index (χ4n) is 2.32. The maximum atomic E-state index is 12.2. The Morgan fingerprint density at radius 2 is 2.21 bits per heavy atom. The van der Waals surface area contributed by atoms with Crippen molar-refractivity contribution in [1.82, 2.24) is 10.2 Å². The molecule has 0 spiro atoms. The van der Waals surface area contributed by atoms with Crippen molar-refractivity contribution in [2.75, 3.05) is 19.6 Å². The first-order chi connectivity index (χ1) is 9.31. The molecule has 2 rings (SSSR count). The second-order valence-corrected chi connectivity index (χ2v) is 4.76. The highest BCUT2D eigenvalue weighted by Gasteiger charge is 2.24. The average Bonchev–Trinajstić information content (AvgIpc) is 2.97. The SMILES string of the molecule is CCCN(C(=O)C#Cc1ccccc1)C1CCNC1. The van der Waals surface area contributed by atoms with Gasteiger partial charge in [0.2, 0.25) is 0 Å². The van der Waals surface area contributed by atoms with Crippen LogP contribution in [0.2, 0.25) is 0 Å².